The molecule has 0 N–H and O–H groups in total. The van der Waals surface area contributed by atoms with E-state index in [1.165, 1.54) is 92.5 Å². The van der Waals surface area contributed by atoms with Crippen LogP contribution in [0.3, 0.4) is 0 Å². The predicted octanol–water partition coefficient (Wildman–Crippen LogP) is 33.4. The zero-order chi connectivity index (χ0) is 96.2. The number of hydrogen-bond donors (Lipinski definition) is 0. The Labute approximate surface area is 838 Å². The first kappa shape index (κ1) is 84.2. The first-order chi connectivity index (χ1) is 72.5. The molecule has 13 nitrogen and oxygen atoms in total. The molecule has 682 valence electrons. The largest absolute Gasteiger partial charge is 0.309 e. The highest BCUT2D eigenvalue weighted by Crippen LogP contribution is 2.50. The van der Waals surface area contributed by atoms with Crippen LogP contribution in [0.5, 0.6) is 0 Å². The summed E-state index contributed by atoms with van der Waals surface area (Å²) in [5, 5.41) is 15.7. The number of rotatable bonds is 13. The van der Waals surface area contributed by atoms with Crippen LogP contribution in [0.4, 0.5) is 0 Å². The van der Waals surface area contributed by atoms with Crippen LogP contribution >= 0.6 is 0 Å². The average Bonchev–Trinajstić information content (AvgIpc) is 1.51. The summed E-state index contributed by atoms with van der Waals surface area (Å²) in [7, 11) is 0. The van der Waals surface area contributed by atoms with Crippen molar-refractivity contribution in [1.29, 1.82) is 0 Å². The molecule has 0 saturated heterocycles. The van der Waals surface area contributed by atoms with Gasteiger partial charge >= 0.3 is 0 Å². The highest BCUT2D eigenvalue weighted by Gasteiger charge is 2.29. The second-order valence-corrected chi connectivity index (χ2v) is 37.0. The van der Waals surface area contributed by atoms with E-state index in [1.807, 2.05) is 78.9 Å². The quantitative estimate of drug-likeness (QED) is 0.113. The van der Waals surface area contributed by atoms with E-state index in [2.05, 4.69) is 464 Å². The molecule has 0 amide bonds. The Morgan fingerprint density at radius 2 is 0.411 bits per heavy atom. The zero-order valence-corrected chi connectivity index (χ0v) is 78.9. The molecule has 0 fully saturated rings. The van der Waals surface area contributed by atoms with Crippen molar-refractivity contribution in [2.75, 3.05) is 0 Å². The van der Waals surface area contributed by atoms with Crippen molar-refractivity contribution in [3.63, 3.8) is 0 Å². The average molecular weight is 1870 g/mol. The van der Waals surface area contributed by atoms with Crippen LogP contribution in [0.2, 0.25) is 0 Å². The first-order valence-corrected chi connectivity index (χ1v) is 49.3. The van der Waals surface area contributed by atoms with Crippen molar-refractivity contribution in [2.45, 2.75) is 0 Å². The van der Waals surface area contributed by atoms with E-state index in [9.17, 15) is 0 Å². The van der Waals surface area contributed by atoms with Crippen LogP contribution in [0.1, 0.15) is 0 Å². The number of aromatic nitrogens is 13. The van der Waals surface area contributed by atoms with Gasteiger partial charge in [0.2, 0.25) is 5.95 Å². The van der Waals surface area contributed by atoms with Crippen molar-refractivity contribution in [3.8, 4) is 113 Å². The third kappa shape index (κ3) is 14.2. The van der Waals surface area contributed by atoms with Gasteiger partial charge < -0.3 is 22.8 Å². The second kappa shape index (κ2) is 35.2. The Kier molecular flexibility index (Phi) is 20.3. The molecular formula is C133H85N13. The minimum Gasteiger partial charge on any atom is -0.309 e. The summed E-state index contributed by atoms with van der Waals surface area (Å²) in [6.07, 6.45) is 0. The Bertz CT molecular complexity index is 10300. The van der Waals surface area contributed by atoms with Crippen molar-refractivity contribution in [3.05, 3.63) is 516 Å². The van der Waals surface area contributed by atoms with Crippen molar-refractivity contribution < 1.29 is 0 Å². The summed E-state index contributed by atoms with van der Waals surface area (Å²) in [6, 6.07) is 182. The van der Waals surface area contributed by atoms with Gasteiger partial charge in [0, 0.05) is 137 Å². The summed E-state index contributed by atoms with van der Waals surface area (Å²) >= 11 is 0. The minimum absolute atomic E-state index is 0.574. The molecule has 146 heavy (non-hydrogen) atoms. The monoisotopic (exact) mass is 1860 g/mol. The Hall–Kier alpha value is -19.9. The van der Waals surface area contributed by atoms with Gasteiger partial charge in [-0.15, -0.1) is 0 Å². The summed E-state index contributed by atoms with van der Waals surface area (Å²) in [5.74, 6) is 2.54. The van der Waals surface area contributed by atoms with Crippen LogP contribution in [0, 0.1) is 0 Å². The predicted molar refractivity (Wildman–Crippen MR) is 603 cm³/mol. The molecule has 0 aliphatic carbocycles. The lowest BCUT2D eigenvalue weighted by atomic mass is 9.94. The maximum absolute atomic E-state index is 5.21. The molecule has 0 aliphatic rings. The lowest BCUT2D eigenvalue weighted by Crippen LogP contribution is -2.06. The van der Waals surface area contributed by atoms with Gasteiger partial charge in [0.25, 0.3) is 0 Å². The Morgan fingerprint density at radius 1 is 0.130 bits per heavy atom. The van der Waals surface area contributed by atoms with E-state index in [1.54, 1.807) is 0 Å². The highest BCUT2D eigenvalue weighted by atomic mass is 15.2. The van der Waals surface area contributed by atoms with Gasteiger partial charge in [0.05, 0.1) is 99.8 Å². The van der Waals surface area contributed by atoms with Crippen molar-refractivity contribution in [1.82, 2.24) is 62.3 Å². The third-order valence-electron chi connectivity index (χ3n) is 28.6. The number of nitrogens with zero attached hydrogens (tertiary/aromatic N) is 13. The molecule has 21 aromatic carbocycles. The maximum Gasteiger partial charge on any atom is 0.238 e. The van der Waals surface area contributed by atoms with E-state index in [0.29, 0.717) is 23.4 Å². The SMILES string of the molecule is c1ccc(-c2nc(-c3cccc(-n4c5ccccc5c5cc6c7ccccc7n(-c7ccccc7)c6cc54)c3)nc3ccccc23)cc1.c1ccc(-c2nc(-c3ccccc3)nc(-n3c4ccccc4c4c(-c5ccccc5)c5c6ccccc6n(-c6ccccc6)c5cc43)n2)cc1.c1ccc(-c2nc3ccccc3nc2-c2ccc(-n3c4ccccc4c4cc5c6ccccc6n(-c6ccccc6)c5cc43)cc2)cc1. The van der Waals surface area contributed by atoms with Gasteiger partial charge in [0.1, 0.15) is 0 Å². The van der Waals surface area contributed by atoms with Gasteiger partial charge in [-0.2, -0.15) is 9.97 Å². The molecule has 30 rings (SSSR count). The molecule has 0 aliphatic heterocycles. The second-order valence-electron chi connectivity index (χ2n) is 37.0. The zero-order valence-electron chi connectivity index (χ0n) is 78.9. The van der Waals surface area contributed by atoms with E-state index < -0.39 is 0 Å². The number of hydrogen-bond acceptors (Lipinski definition) is 7. The van der Waals surface area contributed by atoms with Gasteiger partial charge in [0.15, 0.2) is 17.5 Å². The molecular weight excluding hydrogens is 1780 g/mol. The van der Waals surface area contributed by atoms with Crippen LogP contribution in [0.25, 0.3) is 266 Å². The van der Waals surface area contributed by atoms with Crippen molar-refractivity contribution in [2.24, 2.45) is 0 Å². The number of benzene rings is 21. The molecule has 0 unspecified atom stereocenters. The Balaban J connectivity index is 0.000000106. The summed E-state index contributed by atoms with van der Waals surface area (Å²) < 4.78 is 14.2. The first-order valence-electron chi connectivity index (χ1n) is 49.3. The van der Waals surface area contributed by atoms with E-state index in [-0.39, 0.29) is 0 Å². The van der Waals surface area contributed by atoms with Crippen molar-refractivity contribution >= 4 is 153 Å². The minimum atomic E-state index is 0.574. The fourth-order valence-corrected chi connectivity index (χ4v) is 22.1. The van der Waals surface area contributed by atoms with Gasteiger partial charge in [-0.3, -0.25) is 4.57 Å². The standard InChI is InChI=1S/C45H29N5.2C44H28N4/c1-5-17-30(18-6-1)40-41-34-25-13-15-27-36(34)49(33-23-11-4-12-24-33)38(41)29-39-42(40)35-26-14-16-28-37(35)50(39)45-47-43(31-19-7-2-8-20-31)46-44(48-45)32-21-9-3-10-22-32;1-3-13-29(14-4-1)43-44(46-38-20-10-9-19-37(38)45-43)30-23-25-32(26-24-30)48-40-22-12-8-18-34(40)36-27-35-33-17-7-11-21-39(33)47(41(35)28-42(36)48)31-15-5-2-6-16-31;1-3-14-29(15-4-1)43-35-22-7-10-23-38(35)45-44(46-43)30-16-13-19-32(26-30)48-40-25-12-9-21-34(40)37-27-36-33-20-8-11-24-39(33)47(41(36)28-42(37)48)31-17-5-2-6-18-31/h1-29H;2*1-28H. The lowest BCUT2D eigenvalue weighted by Gasteiger charge is -2.13. The molecule has 0 spiro atoms. The van der Waals surface area contributed by atoms with Gasteiger partial charge in [-0.05, 0) is 151 Å². The number of fused-ring (bicyclic) bond motifs is 20. The molecule has 9 heterocycles. The highest BCUT2D eigenvalue weighted by molar-refractivity contribution is 6.29. The van der Waals surface area contributed by atoms with E-state index in [0.717, 1.165) is 150 Å². The van der Waals surface area contributed by atoms with Crippen LogP contribution in [0.15, 0.2) is 516 Å². The molecule has 30 aromatic rings. The lowest BCUT2D eigenvalue weighted by molar-refractivity contribution is 0.953. The van der Waals surface area contributed by atoms with E-state index in [4.69, 9.17) is 34.9 Å². The van der Waals surface area contributed by atoms with Crippen LogP contribution < -0.4 is 0 Å². The molecule has 0 saturated carbocycles. The fourth-order valence-electron chi connectivity index (χ4n) is 22.1. The number of para-hydroxylation sites is 12. The molecule has 9 aromatic heterocycles. The van der Waals surface area contributed by atoms with Crippen LogP contribution in [-0.2, 0) is 0 Å². The normalized spacial score (nSPS) is 11.7. The topological polar surface area (TPSA) is 120 Å². The Morgan fingerprint density at radius 3 is 0.836 bits per heavy atom. The molecule has 0 bridgehead atoms. The smallest absolute Gasteiger partial charge is 0.238 e. The summed E-state index contributed by atoms with van der Waals surface area (Å²) in [5.41, 5.74) is 33.1. The van der Waals surface area contributed by atoms with Gasteiger partial charge in [-0.25, -0.2) is 24.9 Å². The van der Waals surface area contributed by atoms with Crippen LogP contribution in [-0.4, -0.2) is 62.3 Å². The summed E-state index contributed by atoms with van der Waals surface area (Å²) in [6.45, 7) is 0. The molecule has 0 radical (unpaired) electrons. The maximum atomic E-state index is 5.21. The third-order valence-corrected chi connectivity index (χ3v) is 28.6. The fraction of sp³-hybridized carbons (Fsp3) is 0. The van der Waals surface area contributed by atoms with Gasteiger partial charge in [-0.1, -0.05) is 370 Å². The molecule has 13 heteroatoms. The summed E-state index contributed by atoms with van der Waals surface area (Å²) in [4.78, 5) is 35.9. The molecule has 0 atom stereocenters. The van der Waals surface area contributed by atoms with E-state index >= 15 is 0 Å².